The summed E-state index contributed by atoms with van der Waals surface area (Å²) in [6, 6.07) is 22.4. The van der Waals surface area contributed by atoms with Crippen LogP contribution in [0.4, 0.5) is 0 Å². The fraction of sp³-hybridized carbons (Fsp3) is 0.333. The number of benzene rings is 3. The van der Waals surface area contributed by atoms with Gasteiger partial charge in [0.2, 0.25) is 0 Å². The molecule has 2 nitrogen and oxygen atoms in total. The van der Waals surface area contributed by atoms with E-state index in [9.17, 15) is 0 Å². The lowest BCUT2D eigenvalue weighted by molar-refractivity contribution is 0.363. The summed E-state index contributed by atoms with van der Waals surface area (Å²) in [5.41, 5.74) is 6.84. The largest absolute Gasteiger partial charge is 0.356 e. The first-order valence-electron chi connectivity index (χ1n) is 10.8. The summed E-state index contributed by atoms with van der Waals surface area (Å²) in [4.78, 5) is 3.84. The monoisotopic (exact) mass is 418 g/mol. The van der Waals surface area contributed by atoms with Gasteiger partial charge in [-0.15, -0.1) is 12.4 Å². The molecule has 1 aliphatic rings. The van der Waals surface area contributed by atoms with E-state index in [0.29, 0.717) is 0 Å². The maximum atomic E-state index is 3.92. The molecule has 5 rings (SSSR count). The van der Waals surface area contributed by atoms with Gasteiger partial charge in [-0.2, -0.15) is 0 Å². The predicted molar refractivity (Wildman–Crippen MR) is 131 cm³/mol. The van der Waals surface area contributed by atoms with E-state index in [1.807, 2.05) is 0 Å². The minimum absolute atomic E-state index is 0. The predicted octanol–water partition coefficient (Wildman–Crippen LogP) is 6.84. The molecule has 0 bridgehead atoms. The lowest BCUT2D eigenvalue weighted by atomic mass is 9.77. The molecule has 3 heteroatoms. The van der Waals surface area contributed by atoms with Gasteiger partial charge in [0.15, 0.2) is 0 Å². The van der Waals surface area contributed by atoms with Crippen LogP contribution in [0.3, 0.4) is 0 Å². The summed E-state index contributed by atoms with van der Waals surface area (Å²) in [5, 5.41) is 7.96. The second kappa shape index (κ2) is 7.44. The van der Waals surface area contributed by atoms with Gasteiger partial charge in [-0.05, 0) is 57.9 Å². The summed E-state index contributed by atoms with van der Waals surface area (Å²) in [6.07, 6.45) is 2.07. The molecule has 156 valence electrons. The summed E-state index contributed by atoms with van der Waals surface area (Å²) in [6.45, 7) is 10.2. The highest BCUT2D eigenvalue weighted by molar-refractivity contribution is 5.90. The van der Waals surface area contributed by atoms with Crippen molar-refractivity contribution in [3.05, 3.63) is 83.0 Å². The van der Waals surface area contributed by atoms with Gasteiger partial charge in [0.1, 0.15) is 0 Å². The Bertz CT molecular complexity index is 1210. The van der Waals surface area contributed by atoms with Crippen molar-refractivity contribution >= 4 is 34.1 Å². The Morgan fingerprint density at radius 1 is 0.933 bits per heavy atom. The van der Waals surface area contributed by atoms with Crippen molar-refractivity contribution in [1.82, 2.24) is 10.3 Å². The fourth-order valence-electron chi connectivity index (χ4n) is 5.15. The second-order valence-electron chi connectivity index (χ2n) is 9.45. The van der Waals surface area contributed by atoms with Crippen LogP contribution in [0.15, 0.2) is 60.7 Å². The van der Waals surface area contributed by atoms with Crippen molar-refractivity contribution in [1.29, 1.82) is 0 Å². The normalized spacial score (nSPS) is 18.9. The maximum Gasteiger partial charge on any atom is 0.0848 e. The van der Waals surface area contributed by atoms with Gasteiger partial charge in [-0.3, -0.25) is 0 Å². The molecular formula is C27H31ClN2. The molecule has 2 heterocycles. The van der Waals surface area contributed by atoms with Crippen LogP contribution in [0.25, 0.3) is 21.7 Å². The van der Waals surface area contributed by atoms with Gasteiger partial charge in [0.25, 0.3) is 0 Å². The Morgan fingerprint density at radius 3 is 2.47 bits per heavy atom. The topological polar surface area (TPSA) is 27.8 Å². The molecule has 0 saturated heterocycles. The first kappa shape index (κ1) is 21.0. The minimum Gasteiger partial charge on any atom is -0.356 e. The highest BCUT2D eigenvalue weighted by atomic mass is 35.5. The Kier molecular flexibility index (Phi) is 5.20. The zero-order valence-electron chi connectivity index (χ0n) is 18.3. The van der Waals surface area contributed by atoms with Crippen LogP contribution in [0.1, 0.15) is 56.5 Å². The number of H-pyrrole nitrogens is 1. The quantitative estimate of drug-likeness (QED) is 0.366. The standard InChI is InChI=1S/C27H30N2.ClH/c1-5-27(23-12-8-10-18-9-6-7-11-20(18)23)25-21(15-16-28-27)22-17-19(26(2,3)4)13-14-24(22)29-25;/h6-14,17,28-29H,5,15-16H2,1-4H3;1H. The second-order valence-corrected chi connectivity index (χ2v) is 9.45. The smallest absolute Gasteiger partial charge is 0.0848 e. The molecule has 3 aromatic carbocycles. The zero-order chi connectivity index (χ0) is 20.2. The molecule has 0 saturated carbocycles. The molecule has 4 aromatic rings. The summed E-state index contributed by atoms with van der Waals surface area (Å²) in [5.74, 6) is 0. The number of aromatic nitrogens is 1. The fourth-order valence-corrected chi connectivity index (χ4v) is 5.15. The van der Waals surface area contributed by atoms with E-state index >= 15 is 0 Å². The Labute approximate surface area is 185 Å². The van der Waals surface area contributed by atoms with E-state index in [4.69, 9.17) is 0 Å². The molecule has 2 N–H and O–H groups in total. The van der Waals surface area contributed by atoms with Gasteiger partial charge < -0.3 is 10.3 Å². The van der Waals surface area contributed by atoms with E-state index in [1.165, 1.54) is 44.1 Å². The molecule has 30 heavy (non-hydrogen) atoms. The number of hydrogen-bond acceptors (Lipinski definition) is 1. The van der Waals surface area contributed by atoms with E-state index in [1.54, 1.807) is 0 Å². The van der Waals surface area contributed by atoms with Crippen LogP contribution >= 0.6 is 12.4 Å². The number of aromatic amines is 1. The van der Waals surface area contributed by atoms with Crippen molar-refractivity contribution < 1.29 is 0 Å². The van der Waals surface area contributed by atoms with E-state index < -0.39 is 0 Å². The van der Waals surface area contributed by atoms with Crippen LogP contribution < -0.4 is 5.32 Å². The van der Waals surface area contributed by atoms with E-state index in [-0.39, 0.29) is 23.4 Å². The number of rotatable bonds is 2. The van der Waals surface area contributed by atoms with Crippen LogP contribution in [0.5, 0.6) is 0 Å². The molecule has 1 aromatic heterocycles. The van der Waals surface area contributed by atoms with Crippen LogP contribution in [0, 0.1) is 0 Å². The van der Waals surface area contributed by atoms with Crippen molar-refractivity contribution in [2.45, 2.75) is 51.5 Å². The Morgan fingerprint density at radius 2 is 1.70 bits per heavy atom. The van der Waals surface area contributed by atoms with E-state index in [0.717, 1.165) is 19.4 Å². The summed E-state index contributed by atoms with van der Waals surface area (Å²) in [7, 11) is 0. The molecule has 1 aliphatic heterocycles. The molecule has 0 aliphatic carbocycles. The van der Waals surface area contributed by atoms with Gasteiger partial charge in [0.05, 0.1) is 5.54 Å². The lowest BCUT2D eigenvalue weighted by Gasteiger charge is -2.39. The third kappa shape index (κ3) is 3.05. The number of hydrogen-bond donors (Lipinski definition) is 2. The highest BCUT2D eigenvalue weighted by Crippen LogP contribution is 2.43. The number of halogens is 1. The van der Waals surface area contributed by atoms with Crippen molar-refractivity contribution in [2.24, 2.45) is 0 Å². The SMILES string of the molecule is CCC1(c2cccc3ccccc23)NCCc2c1[nH]c1ccc(C(C)(C)C)cc21.Cl. The first-order chi connectivity index (χ1) is 13.9. The number of fused-ring (bicyclic) bond motifs is 4. The summed E-state index contributed by atoms with van der Waals surface area (Å²) < 4.78 is 0. The highest BCUT2D eigenvalue weighted by Gasteiger charge is 2.39. The third-order valence-electron chi connectivity index (χ3n) is 6.78. The van der Waals surface area contributed by atoms with Gasteiger partial charge in [0, 0.05) is 23.1 Å². The van der Waals surface area contributed by atoms with Crippen molar-refractivity contribution in [2.75, 3.05) is 6.54 Å². The van der Waals surface area contributed by atoms with Gasteiger partial charge in [-0.25, -0.2) is 0 Å². The molecular weight excluding hydrogens is 388 g/mol. The molecule has 0 fully saturated rings. The Hall–Kier alpha value is -2.29. The molecule has 1 unspecified atom stereocenters. The van der Waals surface area contributed by atoms with Gasteiger partial charge in [-0.1, -0.05) is 76.2 Å². The average Bonchev–Trinajstić information content (AvgIpc) is 3.11. The van der Waals surface area contributed by atoms with Crippen LogP contribution in [-0.2, 0) is 17.4 Å². The summed E-state index contributed by atoms with van der Waals surface area (Å²) >= 11 is 0. The minimum atomic E-state index is -0.185. The first-order valence-corrected chi connectivity index (χ1v) is 10.8. The molecule has 0 radical (unpaired) electrons. The average molecular weight is 419 g/mol. The third-order valence-corrected chi connectivity index (χ3v) is 6.78. The Balaban J connectivity index is 0.00000218. The van der Waals surface area contributed by atoms with Gasteiger partial charge >= 0.3 is 0 Å². The van der Waals surface area contributed by atoms with Crippen molar-refractivity contribution in [3.8, 4) is 0 Å². The molecule has 1 atom stereocenters. The van der Waals surface area contributed by atoms with Crippen LogP contribution in [-0.4, -0.2) is 11.5 Å². The van der Waals surface area contributed by atoms with Crippen LogP contribution in [0.2, 0.25) is 0 Å². The zero-order valence-corrected chi connectivity index (χ0v) is 19.1. The molecule has 0 spiro atoms. The lowest BCUT2D eigenvalue weighted by Crippen LogP contribution is -2.48. The number of nitrogens with one attached hydrogen (secondary N) is 2. The van der Waals surface area contributed by atoms with E-state index in [2.05, 4.69) is 98.7 Å². The molecule has 0 amide bonds. The maximum absolute atomic E-state index is 3.92. The van der Waals surface area contributed by atoms with Crippen molar-refractivity contribution in [3.63, 3.8) is 0 Å².